The zero-order valence-electron chi connectivity index (χ0n) is 25.3. The maximum absolute atomic E-state index is 15.3. The van der Waals surface area contributed by atoms with Gasteiger partial charge in [0, 0.05) is 16.8 Å². The van der Waals surface area contributed by atoms with E-state index < -0.39 is 43.2 Å². The lowest BCUT2D eigenvalue weighted by Crippen LogP contribution is -2.53. The van der Waals surface area contributed by atoms with Gasteiger partial charge in [0.05, 0.1) is 11.9 Å². The number of rotatable bonds is 11. The van der Waals surface area contributed by atoms with E-state index in [1.165, 1.54) is 6.07 Å². The molecule has 3 N–H and O–H groups in total. The van der Waals surface area contributed by atoms with Gasteiger partial charge in [0.15, 0.2) is 0 Å². The fraction of sp³-hybridized carbons (Fsp3) is 0.613. The molecule has 0 aliphatic heterocycles. The first-order valence-electron chi connectivity index (χ1n) is 15.6. The van der Waals surface area contributed by atoms with E-state index >= 15 is 4.39 Å². The first kappa shape index (κ1) is 31.6. The smallest absolute Gasteiger partial charge is 0.271 e. The molecule has 0 saturated heterocycles. The van der Waals surface area contributed by atoms with Gasteiger partial charge in [0.25, 0.3) is 5.91 Å². The highest BCUT2D eigenvalue weighted by atomic mass is 19.1. The largest absolute Gasteiger partial charge is 0.339 e. The number of nitrogens with one attached hydrogen (secondary N) is 3. The van der Waals surface area contributed by atoms with Crippen molar-refractivity contribution in [2.24, 2.45) is 17.8 Å². The number of carbonyl (C=O) groups excluding carboxylic acids is 2. The predicted octanol–water partition coefficient (Wildman–Crippen LogP) is 5.81. The Hall–Kier alpha value is -3.77. The van der Waals surface area contributed by atoms with Crippen molar-refractivity contribution in [1.29, 1.82) is 0 Å². The summed E-state index contributed by atoms with van der Waals surface area (Å²) < 4.78 is 43.3. The molecule has 5 rings (SSSR count). The summed E-state index contributed by atoms with van der Waals surface area (Å²) in [5.41, 5.74) is 2.06. The number of aryl methyl sites for hydroxylation is 2. The van der Waals surface area contributed by atoms with Gasteiger partial charge >= 0.3 is 0 Å². The first-order chi connectivity index (χ1) is 21.3. The van der Waals surface area contributed by atoms with Crippen LogP contribution in [0.3, 0.4) is 0 Å². The zero-order valence-corrected chi connectivity index (χ0v) is 25.3. The lowest BCUT2D eigenvalue weighted by Gasteiger charge is -2.41. The minimum Gasteiger partial charge on any atom is -0.339 e. The molecule has 13 heteroatoms. The molecule has 0 bridgehead atoms. The highest BCUT2D eigenvalue weighted by Gasteiger charge is 2.42. The third-order valence-electron chi connectivity index (χ3n) is 9.35. The van der Waals surface area contributed by atoms with Gasteiger partial charge in [-0.1, -0.05) is 69.4 Å². The number of alkyl halides is 2. The lowest BCUT2D eigenvalue weighted by molar-refractivity contribution is -0.121. The number of hydrogen-bond acceptors (Lipinski definition) is 6. The molecule has 1 atom stereocenters. The van der Waals surface area contributed by atoms with Crippen molar-refractivity contribution in [3.63, 3.8) is 0 Å². The van der Waals surface area contributed by atoms with Crippen LogP contribution in [0.4, 0.5) is 19.0 Å². The fourth-order valence-electron chi connectivity index (χ4n) is 7.21. The molecule has 238 valence electrons. The third-order valence-corrected chi connectivity index (χ3v) is 9.35. The van der Waals surface area contributed by atoms with E-state index in [4.69, 9.17) is 0 Å². The van der Waals surface area contributed by atoms with E-state index in [-0.39, 0.29) is 34.8 Å². The number of anilines is 1. The number of hydrogen-bond donors (Lipinski definition) is 3. The van der Waals surface area contributed by atoms with Crippen LogP contribution in [0.15, 0.2) is 18.3 Å². The molecule has 0 unspecified atom stereocenters. The molecule has 2 saturated carbocycles. The Bertz CT molecular complexity index is 1390. The molecular weight excluding hydrogens is 573 g/mol. The van der Waals surface area contributed by atoms with Crippen LogP contribution in [-0.4, -0.2) is 61.4 Å². The number of nitrogens with zero attached hydrogens (tertiary/aromatic N) is 5. The SMILES string of the molecule is Cc1n[nH]c(C)c1-c1ccc(NC(=O)[C@@H](NC(=O)c2cnnn2C(CF)CF)C(C2CCCCC2)C2CCCCC2)nc1F. The summed E-state index contributed by atoms with van der Waals surface area (Å²) in [5, 5.41) is 20.1. The summed E-state index contributed by atoms with van der Waals surface area (Å²) in [4.78, 5) is 31.9. The van der Waals surface area contributed by atoms with E-state index in [1.54, 1.807) is 19.9 Å². The number of aromatic amines is 1. The second kappa shape index (κ2) is 14.3. The minimum absolute atomic E-state index is 0.0157. The van der Waals surface area contributed by atoms with E-state index in [9.17, 15) is 18.4 Å². The number of amides is 2. The summed E-state index contributed by atoms with van der Waals surface area (Å²) in [6.07, 6.45) is 11.3. The van der Waals surface area contributed by atoms with Crippen molar-refractivity contribution >= 4 is 17.6 Å². The van der Waals surface area contributed by atoms with Crippen LogP contribution in [0, 0.1) is 37.5 Å². The predicted molar refractivity (Wildman–Crippen MR) is 159 cm³/mol. The quantitative estimate of drug-likeness (QED) is 0.234. The summed E-state index contributed by atoms with van der Waals surface area (Å²) in [7, 11) is 0. The molecule has 3 heterocycles. The Morgan fingerprint density at radius 3 is 2.18 bits per heavy atom. The van der Waals surface area contributed by atoms with Gasteiger partial charge in [0.1, 0.15) is 36.9 Å². The third kappa shape index (κ3) is 6.81. The molecule has 3 aromatic heterocycles. The van der Waals surface area contributed by atoms with Crippen LogP contribution in [0.25, 0.3) is 11.1 Å². The number of halogens is 3. The maximum Gasteiger partial charge on any atom is 0.271 e. The Morgan fingerprint density at radius 2 is 1.64 bits per heavy atom. The van der Waals surface area contributed by atoms with Crippen LogP contribution < -0.4 is 10.6 Å². The maximum atomic E-state index is 15.3. The van der Waals surface area contributed by atoms with Gasteiger partial charge in [-0.15, -0.1) is 5.10 Å². The number of carbonyl (C=O) groups is 2. The summed E-state index contributed by atoms with van der Waals surface area (Å²) in [5.74, 6) is -1.72. The fourth-order valence-corrected chi connectivity index (χ4v) is 7.21. The highest BCUT2D eigenvalue weighted by molar-refractivity contribution is 6.00. The zero-order chi connectivity index (χ0) is 31.2. The topological polar surface area (TPSA) is 130 Å². The normalized spacial score (nSPS) is 17.2. The molecule has 2 fully saturated rings. The molecule has 2 amide bonds. The molecule has 2 aliphatic carbocycles. The molecule has 2 aliphatic rings. The van der Waals surface area contributed by atoms with Gasteiger partial charge < -0.3 is 10.6 Å². The Labute approximate surface area is 255 Å². The van der Waals surface area contributed by atoms with E-state index in [0.717, 1.165) is 75.1 Å². The van der Waals surface area contributed by atoms with Gasteiger partial charge in [-0.3, -0.25) is 14.7 Å². The number of H-pyrrole nitrogens is 1. The number of aromatic nitrogens is 6. The van der Waals surface area contributed by atoms with Crippen molar-refractivity contribution in [1.82, 2.24) is 35.5 Å². The molecule has 3 aromatic rings. The van der Waals surface area contributed by atoms with Crippen LogP contribution in [-0.2, 0) is 4.79 Å². The van der Waals surface area contributed by atoms with Crippen LogP contribution in [0.1, 0.15) is 92.1 Å². The van der Waals surface area contributed by atoms with E-state index in [1.807, 2.05) is 0 Å². The van der Waals surface area contributed by atoms with Gasteiger partial charge in [-0.05, 0) is 43.7 Å². The second-order valence-corrected chi connectivity index (χ2v) is 12.2. The van der Waals surface area contributed by atoms with Crippen molar-refractivity contribution in [2.45, 2.75) is 90.1 Å². The van der Waals surface area contributed by atoms with Crippen molar-refractivity contribution < 1.29 is 22.8 Å². The van der Waals surface area contributed by atoms with Crippen molar-refractivity contribution in [3.8, 4) is 11.1 Å². The Balaban J connectivity index is 1.47. The summed E-state index contributed by atoms with van der Waals surface area (Å²) in [6, 6.07) is 0.790. The Morgan fingerprint density at radius 1 is 1.00 bits per heavy atom. The summed E-state index contributed by atoms with van der Waals surface area (Å²) >= 11 is 0. The molecular formula is C31H41F3N8O2. The van der Waals surface area contributed by atoms with Gasteiger partial charge in [0.2, 0.25) is 11.9 Å². The van der Waals surface area contributed by atoms with Crippen LogP contribution in [0.5, 0.6) is 0 Å². The van der Waals surface area contributed by atoms with E-state index in [0.29, 0.717) is 17.0 Å². The van der Waals surface area contributed by atoms with Crippen molar-refractivity contribution in [2.75, 3.05) is 18.7 Å². The average molecular weight is 615 g/mol. The van der Waals surface area contributed by atoms with Crippen LogP contribution >= 0.6 is 0 Å². The second-order valence-electron chi connectivity index (χ2n) is 12.2. The summed E-state index contributed by atoms with van der Waals surface area (Å²) in [6.45, 7) is 1.42. The first-order valence-corrected chi connectivity index (χ1v) is 15.6. The van der Waals surface area contributed by atoms with Crippen LogP contribution in [0.2, 0.25) is 0 Å². The molecule has 0 radical (unpaired) electrons. The van der Waals surface area contributed by atoms with Crippen molar-refractivity contribution in [3.05, 3.63) is 41.4 Å². The molecule has 10 nitrogen and oxygen atoms in total. The Kier molecular flexibility index (Phi) is 10.3. The average Bonchev–Trinajstić information content (AvgIpc) is 3.65. The van der Waals surface area contributed by atoms with Gasteiger partial charge in [-0.2, -0.15) is 9.49 Å². The molecule has 44 heavy (non-hydrogen) atoms. The van der Waals surface area contributed by atoms with Gasteiger partial charge in [-0.25, -0.2) is 18.4 Å². The molecule has 0 spiro atoms. The minimum atomic E-state index is -1.30. The standard InChI is InChI=1S/C31H41F3N8O2/c1-18-26(19(2)40-39-18)23-13-14-25(36-29(23)34)37-31(44)28(38-30(43)24-17-35-41-42(24)22(15-32)16-33)27(20-9-5-3-6-10-20)21-11-7-4-8-12-21/h13-14,17,20-22,27-28H,3-12,15-16H2,1-2H3,(H,38,43)(H,39,40)(H,36,37,44)/t28-/m0/s1. The molecule has 0 aromatic carbocycles. The monoisotopic (exact) mass is 614 g/mol. The number of pyridine rings is 1. The van der Waals surface area contributed by atoms with E-state index in [2.05, 4.69) is 36.1 Å². The lowest BCUT2D eigenvalue weighted by atomic mass is 9.66. The highest BCUT2D eigenvalue weighted by Crippen LogP contribution is 2.42.